The zero-order chi connectivity index (χ0) is 22.0. The molecule has 158 valence electrons. The van der Waals surface area contributed by atoms with E-state index in [0.29, 0.717) is 18.5 Å². The minimum atomic E-state index is -0.447. The first-order chi connectivity index (χ1) is 15.0. The maximum Gasteiger partial charge on any atom is 0.249 e. The van der Waals surface area contributed by atoms with Gasteiger partial charge in [0.15, 0.2) is 0 Å². The van der Waals surface area contributed by atoms with Crippen LogP contribution in [0.4, 0.5) is 0 Å². The van der Waals surface area contributed by atoms with Crippen molar-refractivity contribution in [1.29, 1.82) is 0 Å². The number of primary amides is 1. The molecule has 0 unspecified atom stereocenters. The fourth-order valence-corrected chi connectivity index (χ4v) is 4.65. The highest BCUT2D eigenvalue weighted by molar-refractivity contribution is 7.13. The number of nitrogens with two attached hydrogens (primary N) is 2. The fourth-order valence-electron chi connectivity index (χ4n) is 3.82. The van der Waals surface area contributed by atoms with Crippen LogP contribution in [0.5, 0.6) is 0 Å². The summed E-state index contributed by atoms with van der Waals surface area (Å²) in [6, 6.07) is 15.6. The van der Waals surface area contributed by atoms with E-state index in [9.17, 15) is 4.79 Å². The molecule has 0 fully saturated rings. The molecule has 0 saturated carbocycles. The van der Waals surface area contributed by atoms with Gasteiger partial charge in [0.05, 0.1) is 17.1 Å². The van der Waals surface area contributed by atoms with E-state index in [-0.39, 0.29) is 0 Å². The van der Waals surface area contributed by atoms with Crippen molar-refractivity contribution in [3.8, 4) is 21.8 Å². The average molecular weight is 432 g/mol. The zero-order valence-electron chi connectivity index (χ0n) is 17.6. The molecule has 2 heterocycles. The normalized spacial score (nSPS) is 11.1. The summed E-state index contributed by atoms with van der Waals surface area (Å²) in [5.74, 6) is -0.447. The van der Waals surface area contributed by atoms with Crippen LogP contribution in [0.2, 0.25) is 0 Å². The van der Waals surface area contributed by atoms with Gasteiger partial charge < -0.3 is 11.5 Å². The number of amides is 1. The Balaban J connectivity index is 1.73. The third kappa shape index (κ3) is 4.15. The first-order valence-corrected chi connectivity index (χ1v) is 11.1. The van der Waals surface area contributed by atoms with Gasteiger partial charge in [-0.2, -0.15) is 5.10 Å². The summed E-state index contributed by atoms with van der Waals surface area (Å²) >= 11 is 1.62. The van der Waals surface area contributed by atoms with Crippen molar-refractivity contribution in [2.45, 2.75) is 26.3 Å². The molecule has 4 N–H and O–H groups in total. The summed E-state index contributed by atoms with van der Waals surface area (Å²) < 4.78 is 1.84. The predicted molar refractivity (Wildman–Crippen MR) is 125 cm³/mol. The summed E-state index contributed by atoms with van der Waals surface area (Å²) in [4.78, 5) is 16.9. The number of carbonyl (C=O) groups is 1. The third-order valence-corrected chi connectivity index (χ3v) is 6.30. The minimum Gasteiger partial charge on any atom is -0.366 e. The number of thiazole rings is 1. The molecule has 0 aliphatic heterocycles. The first-order valence-electron chi connectivity index (χ1n) is 10.2. The summed E-state index contributed by atoms with van der Waals surface area (Å²) in [5, 5.41) is 7.77. The van der Waals surface area contributed by atoms with Crippen molar-refractivity contribution in [1.82, 2.24) is 14.8 Å². The monoisotopic (exact) mass is 431 g/mol. The van der Waals surface area contributed by atoms with E-state index < -0.39 is 5.91 Å². The summed E-state index contributed by atoms with van der Waals surface area (Å²) in [6.07, 6.45) is 1.43. The second-order valence-corrected chi connectivity index (χ2v) is 8.24. The van der Waals surface area contributed by atoms with Crippen molar-refractivity contribution in [2.24, 2.45) is 18.5 Å². The molecule has 1 amide bonds. The minimum absolute atomic E-state index is 0.447. The van der Waals surface area contributed by atoms with Gasteiger partial charge in [-0.3, -0.25) is 9.48 Å². The van der Waals surface area contributed by atoms with Gasteiger partial charge in [-0.05, 0) is 18.1 Å². The number of aryl methyl sites for hydroxylation is 2. The highest BCUT2D eigenvalue weighted by Crippen LogP contribution is 2.32. The Morgan fingerprint density at radius 3 is 2.55 bits per heavy atom. The fraction of sp³-hybridized carbons (Fsp3) is 0.208. The summed E-state index contributed by atoms with van der Waals surface area (Å²) in [5.41, 5.74) is 18.8. The summed E-state index contributed by atoms with van der Waals surface area (Å²) in [6.45, 7) is 2.61. The molecule has 0 atom stereocenters. The van der Waals surface area contributed by atoms with Crippen LogP contribution < -0.4 is 11.5 Å². The third-order valence-electron chi connectivity index (χ3n) is 5.36. The number of hydrogen-bond donors (Lipinski definition) is 2. The Morgan fingerprint density at radius 1 is 1.13 bits per heavy atom. The van der Waals surface area contributed by atoms with E-state index >= 15 is 0 Å². The van der Waals surface area contributed by atoms with Crippen molar-refractivity contribution in [2.75, 3.05) is 0 Å². The average Bonchev–Trinajstić information content (AvgIpc) is 3.38. The largest absolute Gasteiger partial charge is 0.366 e. The molecule has 0 spiro atoms. The van der Waals surface area contributed by atoms with E-state index in [2.05, 4.69) is 24.4 Å². The van der Waals surface area contributed by atoms with E-state index in [4.69, 9.17) is 21.5 Å². The van der Waals surface area contributed by atoms with Gasteiger partial charge in [0.1, 0.15) is 5.01 Å². The van der Waals surface area contributed by atoms with Crippen LogP contribution >= 0.6 is 11.3 Å². The van der Waals surface area contributed by atoms with Gasteiger partial charge in [0.2, 0.25) is 5.91 Å². The Hall–Kier alpha value is -3.29. The Morgan fingerprint density at radius 2 is 1.87 bits per heavy atom. The van der Waals surface area contributed by atoms with Crippen LogP contribution in [0.3, 0.4) is 0 Å². The van der Waals surface area contributed by atoms with E-state index in [1.165, 1.54) is 0 Å². The number of hydrogen-bond acceptors (Lipinski definition) is 5. The lowest BCUT2D eigenvalue weighted by atomic mass is 9.97. The molecular formula is C24H25N5OS. The van der Waals surface area contributed by atoms with E-state index in [1.807, 2.05) is 42.1 Å². The van der Waals surface area contributed by atoms with Gasteiger partial charge in [-0.1, -0.05) is 49.4 Å². The van der Waals surface area contributed by atoms with Gasteiger partial charge >= 0.3 is 0 Å². The highest BCUT2D eigenvalue weighted by atomic mass is 32.1. The quantitative estimate of drug-likeness (QED) is 0.463. The number of aromatic nitrogens is 3. The topological polar surface area (TPSA) is 99.8 Å². The number of nitrogens with zero attached hydrogens (tertiary/aromatic N) is 3. The molecule has 2 aromatic heterocycles. The lowest BCUT2D eigenvalue weighted by Gasteiger charge is -2.10. The van der Waals surface area contributed by atoms with Crippen LogP contribution in [-0.4, -0.2) is 20.7 Å². The second kappa shape index (κ2) is 8.83. The predicted octanol–water partition coefficient (Wildman–Crippen LogP) is 3.92. The molecule has 4 aromatic rings. The van der Waals surface area contributed by atoms with Crippen LogP contribution in [0, 0.1) is 0 Å². The smallest absolute Gasteiger partial charge is 0.249 e. The molecule has 7 heteroatoms. The molecule has 2 aromatic carbocycles. The van der Waals surface area contributed by atoms with Crippen molar-refractivity contribution < 1.29 is 4.79 Å². The maximum atomic E-state index is 12.0. The van der Waals surface area contributed by atoms with Gasteiger partial charge in [-0.25, -0.2) is 4.98 Å². The number of carbonyl (C=O) groups excluding carboxylic acids is 1. The Kier molecular flexibility index (Phi) is 5.97. The molecule has 0 bridgehead atoms. The molecule has 0 aliphatic rings. The second-order valence-electron chi connectivity index (χ2n) is 7.38. The van der Waals surface area contributed by atoms with Gasteiger partial charge in [0.25, 0.3) is 0 Å². The molecule has 0 aliphatic carbocycles. The van der Waals surface area contributed by atoms with Gasteiger partial charge in [-0.15, -0.1) is 11.3 Å². The highest BCUT2D eigenvalue weighted by Gasteiger charge is 2.21. The molecule has 4 rings (SSSR count). The standard InChI is InChI=1S/C24H25N5OS/c1-3-21-20(22(29(2)28-21)18-6-4-5-7-19(18)23(26)30)12-17-14-31-24(27-17)16-10-8-15(13-25)9-11-16/h4-11,14H,3,12-13,25H2,1-2H3,(H2,26,30). The van der Waals surface area contributed by atoms with Crippen LogP contribution in [0.25, 0.3) is 21.8 Å². The molecule has 31 heavy (non-hydrogen) atoms. The van der Waals surface area contributed by atoms with Crippen molar-refractivity contribution in [3.05, 3.63) is 82.0 Å². The van der Waals surface area contributed by atoms with Crippen molar-refractivity contribution >= 4 is 17.2 Å². The summed E-state index contributed by atoms with van der Waals surface area (Å²) in [7, 11) is 1.90. The Labute approximate surface area is 185 Å². The molecular weight excluding hydrogens is 406 g/mol. The molecule has 0 saturated heterocycles. The van der Waals surface area contributed by atoms with Crippen LogP contribution in [-0.2, 0) is 26.4 Å². The van der Waals surface area contributed by atoms with Crippen molar-refractivity contribution in [3.63, 3.8) is 0 Å². The van der Waals surface area contributed by atoms with Crippen LogP contribution in [0.1, 0.15) is 39.8 Å². The van der Waals surface area contributed by atoms with Gasteiger partial charge in [0, 0.05) is 47.6 Å². The lowest BCUT2D eigenvalue weighted by molar-refractivity contribution is 0.100. The van der Waals surface area contributed by atoms with Crippen LogP contribution in [0.15, 0.2) is 53.9 Å². The lowest BCUT2D eigenvalue weighted by Crippen LogP contribution is -2.13. The Bertz CT molecular complexity index is 1220. The SMILES string of the molecule is CCc1nn(C)c(-c2ccccc2C(N)=O)c1Cc1csc(-c2ccc(CN)cc2)n1. The number of rotatable bonds is 7. The first kappa shape index (κ1) is 21.0. The van der Waals surface area contributed by atoms with E-state index in [1.54, 1.807) is 17.4 Å². The molecule has 6 nitrogen and oxygen atoms in total. The van der Waals surface area contributed by atoms with E-state index in [0.717, 1.165) is 50.8 Å². The molecule has 0 radical (unpaired) electrons. The number of benzene rings is 2. The zero-order valence-corrected chi connectivity index (χ0v) is 18.4. The maximum absolute atomic E-state index is 12.0.